The highest BCUT2D eigenvalue weighted by Gasteiger charge is 2.11. The Hall–Kier alpha value is -1.00. The van der Waals surface area contributed by atoms with Crippen LogP contribution in [-0.2, 0) is 6.42 Å². The van der Waals surface area contributed by atoms with Crippen LogP contribution in [0.15, 0.2) is 40.2 Å². The molecule has 0 radical (unpaired) electrons. The SMILES string of the molecule is O=C(CCc1cccs1)c1cc(F)ccc1Br. The summed E-state index contributed by atoms with van der Waals surface area (Å²) in [5, 5.41) is 1.98. The molecule has 2 rings (SSSR count). The summed E-state index contributed by atoms with van der Waals surface area (Å²) in [6, 6.07) is 8.13. The topological polar surface area (TPSA) is 17.1 Å². The number of aryl methyl sites for hydroxylation is 1. The number of thiophene rings is 1. The predicted octanol–water partition coefficient (Wildman–Crippen LogP) is 4.47. The molecule has 88 valence electrons. The van der Waals surface area contributed by atoms with Gasteiger partial charge in [0.1, 0.15) is 5.82 Å². The smallest absolute Gasteiger partial charge is 0.164 e. The first-order valence-corrected chi connectivity index (χ1v) is 6.85. The first kappa shape index (κ1) is 12.5. The zero-order valence-electron chi connectivity index (χ0n) is 8.95. The van der Waals surface area contributed by atoms with Crippen molar-refractivity contribution in [3.05, 3.63) is 56.4 Å². The van der Waals surface area contributed by atoms with E-state index in [9.17, 15) is 9.18 Å². The Morgan fingerprint density at radius 3 is 2.88 bits per heavy atom. The lowest BCUT2D eigenvalue weighted by Crippen LogP contribution is -2.02. The largest absolute Gasteiger partial charge is 0.294 e. The average Bonchev–Trinajstić information content (AvgIpc) is 2.82. The lowest BCUT2D eigenvalue weighted by Gasteiger charge is -2.03. The Balaban J connectivity index is 2.07. The third-order valence-corrected chi connectivity index (χ3v) is 4.04. The van der Waals surface area contributed by atoms with E-state index in [4.69, 9.17) is 0 Å². The highest BCUT2D eigenvalue weighted by molar-refractivity contribution is 9.10. The van der Waals surface area contributed by atoms with Gasteiger partial charge in [-0.15, -0.1) is 11.3 Å². The lowest BCUT2D eigenvalue weighted by atomic mass is 10.1. The normalized spacial score (nSPS) is 10.5. The van der Waals surface area contributed by atoms with Gasteiger partial charge in [0, 0.05) is 21.3 Å². The maximum atomic E-state index is 13.1. The monoisotopic (exact) mass is 312 g/mol. The molecule has 0 aliphatic heterocycles. The van der Waals surface area contributed by atoms with E-state index in [2.05, 4.69) is 15.9 Å². The molecule has 0 spiro atoms. The molecule has 1 nitrogen and oxygen atoms in total. The van der Waals surface area contributed by atoms with Gasteiger partial charge in [-0.2, -0.15) is 0 Å². The molecule has 17 heavy (non-hydrogen) atoms. The summed E-state index contributed by atoms with van der Waals surface area (Å²) in [6.07, 6.45) is 1.11. The minimum atomic E-state index is -0.382. The van der Waals surface area contributed by atoms with Crippen molar-refractivity contribution in [1.82, 2.24) is 0 Å². The first-order valence-electron chi connectivity index (χ1n) is 5.17. The van der Waals surface area contributed by atoms with Gasteiger partial charge < -0.3 is 0 Å². The van der Waals surface area contributed by atoms with Gasteiger partial charge in [-0.3, -0.25) is 4.79 Å². The van der Waals surface area contributed by atoms with Gasteiger partial charge in [0.2, 0.25) is 0 Å². The van der Waals surface area contributed by atoms with Crippen LogP contribution in [0.5, 0.6) is 0 Å². The van der Waals surface area contributed by atoms with E-state index in [0.29, 0.717) is 22.9 Å². The first-order chi connectivity index (χ1) is 8.16. The van der Waals surface area contributed by atoms with Crippen molar-refractivity contribution < 1.29 is 9.18 Å². The van der Waals surface area contributed by atoms with Gasteiger partial charge in [-0.25, -0.2) is 4.39 Å². The zero-order chi connectivity index (χ0) is 12.3. The van der Waals surface area contributed by atoms with E-state index in [1.165, 1.54) is 17.0 Å². The van der Waals surface area contributed by atoms with Crippen LogP contribution in [0, 0.1) is 5.82 Å². The van der Waals surface area contributed by atoms with Crippen LogP contribution in [0.4, 0.5) is 4.39 Å². The van der Waals surface area contributed by atoms with Crippen LogP contribution in [0.2, 0.25) is 0 Å². The second-order valence-corrected chi connectivity index (χ2v) is 5.51. The van der Waals surface area contributed by atoms with Crippen LogP contribution < -0.4 is 0 Å². The minimum absolute atomic E-state index is 0.0372. The molecular formula is C13H10BrFOS. The molecule has 0 bridgehead atoms. The molecule has 1 heterocycles. The summed E-state index contributed by atoms with van der Waals surface area (Å²) in [6.45, 7) is 0. The molecule has 0 aliphatic carbocycles. The molecular weight excluding hydrogens is 303 g/mol. The third-order valence-electron chi connectivity index (χ3n) is 2.41. The molecule has 1 aromatic heterocycles. The number of benzene rings is 1. The van der Waals surface area contributed by atoms with Crippen LogP contribution in [-0.4, -0.2) is 5.78 Å². The Morgan fingerprint density at radius 2 is 2.18 bits per heavy atom. The molecule has 0 atom stereocenters. The van der Waals surface area contributed by atoms with Crippen LogP contribution in [0.1, 0.15) is 21.7 Å². The van der Waals surface area contributed by atoms with Crippen molar-refractivity contribution >= 4 is 33.0 Å². The number of ketones is 1. The predicted molar refractivity (Wildman–Crippen MR) is 71.1 cm³/mol. The standard InChI is InChI=1S/C13H10BrFOS/c14-12-5-3-9(15)8-11(12)13(16)6-4-10-2-1-7-17-10/h1-3,5,7-8H,4,6H2. The average molecular weight is 313 g/mol. The quantitative estimate of drug-likeness (QED) is 0.761. The third kappa shape index (κ3) is 3.23. The van der Waals surface area contributed by atoms with E-state index in [1.807, 2.05) is 17.5 Å². The van der Waals surface area contributed by atoms with Gasteiger partial charge in [0.15, 0.2) is 5.78 Å². The molecule has 1 aromatic carbocycles. The molecule has 0 N–H and O–H groups in total. The molecule has 2 aromatic rings. The molecule has 0 fully saturated rings. The second-order valence-electron chi connectivity index (χ2n) is 3.63. The number of Topliss-reactive ketones (excluding diaryl/α,β-unsaturated/α-hetero) is 1. The van der Waals surface area contributed by atoms with Crippen LogP contribution in [0.25, 0.3) is 0 Å². The lowest BCUT2D eigenvalue weighted by molar-refractivity contribution is 0.0982. The summed E-state index contributed by atoms with van der Waals surface area (Å²) < 4.78 is 13.7. The van der Waals surface area contributed by atoms with Gasteiger partial charge >= 0.3 is 0 Å². The summed E-state index contributed by atoms with van der Waals surface area (Å²) in [7, 11) is 0. The Morgan fingerprint density at radius 1 is 1.35 bits per heavy atom. The van der Waals surface area contributed by atoms with Gasteiger partial charge in [0.05, 0.1) is 0 Å². The fourth-order valence-electron chi connectivity index (χ4n) is 1.54. The number of carbonyl (C=O) groups is 1. The number of hydrogen-bond donors (Lipinski definition) is 0. The number of carbonyl (C=O) groups excluding carboxylic acids is 1. The highest BCUT2D eigenvalue weighted by atomic mass is 79.9. The maximum absolute atomic E-state index is 13.1. The van der Waals surface area contributed by atoms with E-state index < -0.39 is 0 Å². The summed E-state index contributed by atoms with van der Waals surface area (Å²) in [5.41, 5.74) is 0.418. The molecule has 0 amide bonds. The molecule has 4 heteroatoms. The number of halogens is 2. The van der Waals surface area contributed by atoms with E-state index in [0.717, 1.165) is 0 Å². The second kappa shape index (κ2) is 5.56. The molecule has 0 saturated heterocycles. The highest BCUT2D eigenvalue weighted by Crippen LogP contribution is 2.21. The van der Waals surface area contributed by atoms with Crippen molar-refractivity contribution in [1.29, 1.82) is 0 Å². The van der Waals surface area contributed by atoms with Crippen LogP contribution in [0.3, 0.4) is 0 Å². The fraction of sp³-hybridized carbons (Fsp3) is 0.154. The molecule has 0 aliphatic rings. The number of rotatable bonds is 4. The van der Waals surface area contributed by atoms with E-state index in [1.54, 1.807) is 17.4 Å². The van der Waals surface area contributed by atoms with Crippen molar-refractivity contribution in [3.8, 4) is 0 Å². The Labute approximate surface area is 111 Å². The number of hydrogen-bond acceptors (Lipinski definition) is 2. The van der Waals surface area contributed by atoms with Gasteiger partial charge in [-0.05, 0) is 36.1 Å². The van der Waals surface area contributed by atoms with E-state index >= 15 is 0 Å². The van der Waals surface area contributed by atoms with E-state index in [-0.39, 0.29) is 11.6 Å². The summed E-state index contributed by atoms with van der Waals surface area (Å²) in [5.74, 6) is -0.419. The van der Waals surface area contributed by atoms with Crippen LogP contribution >= 0.6 is 27.3 Å². The maximum Gasteiger partial charge on any atom is 0.164 e. The molecule has 0 unspecified atom stereocenters. The van der Waals surface area contributed by atoms with Gasteiger partial charge in [0.25, 0.3) is 0 Å². The van der Waals surface area contributed by atoms with Gasteiger partial charge in [-0.1, -0.05) is 22.0 Å². The van der Waals surface area contributed by atoms with Crippen molar-refractivity contribution in [2.24, 2.45) is 0 Å². The summed E-state index contributed by atoms with van der Waals surface area (Å²) >= 11 is 4.89. The Kier molecular flexibility index (Phi) is 4.07. The minimum Gasteiger partial charge on any atom is -0.294 e. The van der Waals surface area contributed by atoms with Crippen molar-refractivity contribution in [2.45, 2.75) is 12.8 Å². The fourth-order valence-corrected chi connectivity index (χ4v) is 2.71. The Bertz CT molecular complexity index is 522. The van der Waals surface area contributed by atoms with Crippen molar-refractivity contribution in [2.75, 3.05) is 0 Å². The zero-order valence-corrected chi connectivity index (χ0v) is 11.4. The summed E-state index contributed by atoms with van der Waals surface area (Å²) in [4.78, 5) is 13.1. The van der Waals surface area contributed by atoms with Crippen molar-refractivity contribution in [3.63, 3.8) is 0 Å². The molecule has 0 saturated carbocycles.